The van der Waals surface area contributed by atoms with Crippen LogP contribution in [0, 0.1) is 23.7 Å². The Kier molecular flexibility index (Phi) is 10.5. The molecule has 0 N–H and O–H groups in total. The van der Waals surface area contributed by atoms with Gasteiger partial charge in [-0.1, -0.05) is 70.6 Å². The van der Waals surface area contributed by atoms with Gasteiger partial charge in [-0.2, -0.15) is 0 Å². The molecule has 172 valence electrons. The van der Waals surface area contributed by atoms with Crippen molar-refractivity contribution >= 4 is 0 Å². The lowest BCUT2D eigenvalue weighted by Crippen LogP contribution is -2.20. The number of benzene rings is 2. The zero-order valence-corrected chi connectivity index (χ0v) is 20.1. The predicted octanol–water partition coefficient (Wildman–Crippen LogP) is 8.03. The van der Waals surface area contributed by atoms with Gasteiger partial charge in [-0.25, -0.2) is 0 Å². The average Bonchev–Trinajstić information content (AvgIpc) is 2.85. The Morgan fingerprint density at radius 1 is 0.656 bits per heavy atom. The van der Waals surface area contributed by atoms with Crippen LogP contribution in [0.3, 0.4) is 0 Å². The summed E-state index contributed by atoms with van der Waals surface area (Å²) in [6, 6.07) is 16.3. The molecule has 0 spiro atoms. The normalized spacial score (nSPS) is 17.9. The highest BCUT2D eigenvalue weighted by molar-refractivity contribution is 5.45. The molecule has 1 saturated carbocycles. The van der Waals surface area contributed by atoms with Crippen LogP contribution in [-0.2, 0) is 0 Å². The molecule has 0 unspecified atom stereocenters. The molecule has 2 aromatic rings. The Bertz CT molecular complexity index is 818. The van der Waals surface area contributed by atoms with Crippen molar-refractivity contribution in [2.45, 2.75) is 78.1 Å². The van der Waals surface area contributed by atoms with Gasteiger partial charge in [0.1, 0.15) is 11.5 Å². The van der Waals surface area contributed by atoms with Gasteiger partial charge in [-0.05, 0) is 79.6 Å². The van der Waals surface area contributed by atoms with Crippen LogP contribution in [0.4, 0.5) is 0 Å². The lowest BCUT2D eigenvalue weighted by Gasteiger charge is -2.28. The fraction of sp³-hybridized carbons (Fsp3) is 0.533. The Morgan fingerprint density at radius 2 is 1.19 bits per heavy atom. The van der Waals surface area contributed by atoms with Gasteiger partial charge in [-0.3, -0.25) is 0 Å². The van der Waals surface area contributed by atoms with Gasteiger partial charge in [-0.15, -0.1) is 0 Å². The first-order valence-corrected chi connectivity index (χ1v) is 12.7. The van der Waals surface area contributed by atoms with E-state index in [9.17, 15) is 0 Å². The summed E-state index contributed by atoms with van der Waals surface area (Å²) in [7, 11) is 0. The summed E-state index contributed by atoms with van der Waals surface area (Å²) in [5.41, 5.74) is 2.01. The third-order valence-corrected chi connectivity index (χ3v) is 6.49. The Hall–Kier alpha value is -2.40. The van der Waals surface area contributed by atoms with Gasteiger partial charge in [0.05, 0.1) is 13.2 Å². The largest absolute Gasteiger partial charge is 0.494 e. The van der Waals surface area contributed by atoms with E-state index < -0.39 is 0 Å². The van der Waals surface area contributed by atoms with Crippen molar-refractivity contribution in [2.24, 2.45) is 11.8 Å². The lowest BCUT2D eigenvalue weighted by atomic mass is 9.80. The Labute approximate surface area is 195 Å². The molecule has 0 atom stereocenters. The van der Waals surface area contributed by atoms with E-state index in [1.54, 1.807) is 0 Å². The van der Waals surface area contributed by atoms with Crippen molar-refractivity contribution in [1.29, 1.82) is 0 Å². The van der Waals surface area contributed by atoms with Crippen molar-refractivity contribution in [2.75, 3.05) is 13.2 Å². The fourth-order valence-electron chi connectivity index (χ4n) is 4.35. The predicted molar refractivity (Wildman–Crippen MR) is 134 cm³/mol. The first-order chi connectivity index (χ1) is 15.8. The van der Waals surface area contributed by atoms with E-state index >= 15 is 0 Å². The van der Waals surface area contributed by atoms with Crippen molar-refractivity contribution in [3.63, 3.8) is 0 Å². The summed E-state index contributed by atoms with van der Waals surface area (Å²) in [6.45, 7) is 6.12. The Balaban J connectivity index is 1.40. The van der Waals surface area contributed by atoms with E-state index in [-0.39, 0.29) is 0 Å². The van der Waals surface area contributed by atoms with Gasteiger partial charge in [0, 0.05) is 11.1 Å². The summed E-state index contributed by atoms with van der Waals surface area (Å²) in [4.78, 5) is 0. The van der Waals surface area contributed by atoms with Crippen LogP contribution >= 0.6 is 0 Å². The minimum Gasteiger partial charge on any atom is -0.494 e. The average molecular weight is 433 g/mol. The molecular formula is C30H40O2. The summed E-state index contributed by atoms with van der Waals surface area (Å²) >= 11 is 0. The van der Waals surface area contributed by atoms with Crippen LogP contribution in [0.25, 0.3) is 0 Å². The molecule has 0 aromatic heterocycles. The van der Waals surface area contributed by atoms with Crippen molar-refractivity contribution in [3.05, 3.63) is 59.7 Å². The molecule has 1 aliphatic carbocycles. The smallest absolute Gasteiger partial charge is 0.119 e. The SMILES string of the molecule is CCCCCOc1ccc(C#Cc2ccc(OC[C@H]3CC[C@H](CCCC)CC3)cc2)cc1. The zero-order valence-electron chi connectivity index (χ0n) is 20.1. The Morgan fingerprint density at radius 3 is 1.75 bits per heavy atom. The maximum atomic E-state index is 6.08. The quantitative estimate of drug-likeness (QED) is 0.264. The van der Waals surface area contributed by atoms with E-state index in [0.717, 1.165) is 48.2 Å². The molecule has 0 heterocycles. The van der Waals surface area contributed by atoms with E-state index in [1.165, 1.54) is 57.8 Å². The van der Waals surface area contributed by atoms with Crippen LogP contribution < -0.4 is 9.47 Å². The molecule has 0 amide bonds. The molecule has 2 aromatic carbocycles. The van der Waals surface area contributed by atoms with Gasteiger partial charge in [0.25, 0.3) is 0 Å². The third-order valence-electron chi connectivity index (χ3n) is 6.49. The van der Waals surface area contributed by atoms with Crippen LogP contribution in [0.2, 0.25) is 0 Å². The number of unbranched alkanes of at least 4 members (excludes halogenated alkanes) is 3. The first kappa shape index (κ1) is 24.2. The van der Waals surface area contributed by atoms with Crippen LogP contribution in [0.15, 0.2) is 48.5 Å². The highest BCUT2D eigenvalue weighted by Gasteiger charge is 2.21. The second-order valence-corrected chi connectivity index (χ2v) is 9.19. The fourth-order valence-corrected chi connectivity index (χ4v) is 4.35. The van der Waals surface area contributed by atoms with E-state index in [1.807, 2.05) is 36.4 Å². The molecular weight excluding hydrogens is 392 g/mol. The van der Waals surface area contributed by atoms with Gasteiger partial charge >= 0.3 is 0 Å². The summed E-state index contributed by atoms with van der Waals surface area (Å²) < 4.78 is 11.8. The van der Waals surface area contributed by atoms with E-state index in [2.05, 4.69) is 37.8 Å². The topological polar surface area (TPSA) is 18.5 Å². The monoisotopic (exact) mass is 432 g/mol. The molecule has 2 nitrogen and oxygen atoms in total. The summed E-state index contributed by atoms with van der Waals surface area (Å²) in [6.07, 6.45) is 13.1. The van der Waals surface area contributed by atoms with Crippen molar-refractivity contribution < 1.29 is 9.47 Å². The van der Waals surface area contributed by atoms with Gasteiger partial charge in [0.2, 0.25) is 0 Å². The first-order valence-electron chi connectivity index (χ1n) is 12.7. The maximum Gasteiger partial charge on any atom is 0.119 e. The van der Waals surface area contributed by atoms with Crippen molar-refractivity contribution in [3.8, 4) is 23.3 Å². The minimum absolute atomic E-state index is 0.714. The number of hydrogen-bond acceptors (Lipinski definition) is 2. The van der Waals surface area contributed by atoms with Crippen molar-refractivity contribution in [1.82, 2.24) is 0 Å². The zero-order chi connectivity index (χ0) is 22.4. The molecule has 2 heteroatoms. The summed E-state index contributed by atoms with van der Waals surface area (Å²) in [5, 5.41) is 0. The highest BCUT2D eigenvalue weighted by Crippen LogP contribution is 2.32. The second kappa shape index (κ2) is 13.9. The molecule has 0 saturated heterocycles. The highest BCUT2D eigenvalue weighted by atomic mass is 16.5. The van der Waals surface area contributed by atoms with Crippen LogP contribution in [0.5, 0.6) is 11.5 Å². The maximum absolute atomic E-state index is 6.08. The van der Waals surface area contributed by atoms with E-state index in [4.69, 9.17) is 9.47 Å². The van der Waals surface area contributed by atoms with E-state index in [0.29, 0.717) is 5.92 Å². The number of rotatable bonds is 11. The van der Waals surface area contributed by atoms with Gasteiger partial charge in [0.15, 0.2) is 0 Å². The minimum atomic E-state index is 0.714. The molecule has 32 heavy (non-hydrogen) atoms. The lowest BCUT2D eigenvalue weighted by molar-refractivity contribution is 0.178. The molecule has 1 fully saturated rings. The standard InChI is InChI=1S/C30H40O2/c1-3-5-7-23-31-29-19-15-26(16-20-29)9-10-27-17-21-30(22-18-27)32-24-28-13-11-25(12-14-28)8-6-4-2/h15-22,25,28H,3-8,11-14,23-24H2,1-2H3/t25-,28-. The third kappa shape index (κ3) is 8.62. The van der Waals surface area contributed by atoms with Crippen LogP contribution in [0.1, 0.15) is 89.2 Å². The molecule has 3 rings (SSSR count). The number of ether oxygens (including phenoxy) is 2. The second-order valence-electron chi connectivity index (χ2n) is 9.19. The molecule has 1 aliphatic rings. The molecule has 0 radical (unpaired) electrons. The number of hydrogen-bond donors (Lipinski definition) is 0. The molecule has 0 aliphatic heterocycles. The molecule has 0 bridgehead atoms. The van der Waals surface area contributed by atoms with Gasteiger partial charge < -0.3 is 9.47 Å². The van der Waals surface area contributed by atoms with Crippen LogP contribution in [-0.4, -0.2) is 13.2 Å². The summed E-state index contributed by atoms with van der Waals surface area (Å²) in [5.74, 6) is 10.0.